The van der Waals surface area contributed by atoms with Crippen molar-refractivity contribution in [3.63, 3.8) is 0 Å². The van der Waals surface area contributed by atoms with Gasteiger partial charge < -0.3 is 24.0 Å². The van der Waals surface area contributed by atoms with E-state index >= 15 is 8.78 Å². The van der Waals surface area contributed by atoms with Gasteiger partial charge in [0.05, 0.1) is 26.4 Å². The van der Waals surface area contributed by atoms with Gasteiger partial charge in [0.1, 0.15) is 18.2 Å². The number of rotatable bonds is 8. The van der Waals surface area contributed by atoms with Crippen LogP contribution in [-0.4, -0.2) is 56.9 Å². The summed E-state index contributed by atoms with van der Waals surface area (Å²) in [5, 5.41) is 0. The van der Waals surface area contributed by atoms with Crippen LogP contribution in [0.2, 0.25) is 0 Å². The fourth-order valence-electron chi connectivity index (χ4n) is 5.15. The maximum atomic E-state index is 15.6. The van der Waals surface area contributed by atoms with Crippen LogP contribution in [0.3, 0.4) is 0 Å². The number of halogens is 2. The molecular weight excluding hydrogens is 488 g/mol. The van der Waals surface area contributed by atoms with Crippen LogP contribution in [0.4, 0.5) is 20.3 Å². The van der Waals surface area contributed by atoms with Gasteiger partial charge in [0.25, 0.3) is 5.92 Å². The molecule has 1 atom stereocenters. The molecular formula is C30H35F2N3O3. The number of methoxy groups -OCH3 is 1. The molecule has 0 aliphatic carbocycles. The molecule has 2 saturated heterocycles. The van der Waals surface area contributed by atoms with Crippen molar-refractivity contribution in [3.05, 3.63) is 77.9 Å². The summed E-state index contributed by atoms with van der Waals surface area (Å²) in [6, 6.07) is 20.0. The van der Waals surface area contributed by atoms with E-state index in [2.05, 4.69) is 4.90 Å². The van der Waals surface area contributed by atoms with Crippen molar-refractivity contribution in [2.24, 2.45) is 0 Å². The zero-order valence-corrected chi connectivity index (χ0v) is 21.8. The number of alkyl halides is 2. The average molecular weight is 524 g/mol. The van der Waals surface area contributed by atoms with Crippen molar-refractivity contribution >= 4 is 11.5 Å². The molecule has 8 heteroatoms. The first-order chi connectivity index (χ1) is 18.5. The normalized spacial score (nSPS) is 19.6. The molecule has 38 heavy (non-hydrogen) atoms. The average Bonchev–Trinajstić information content (AvgIpc) is 3.10. The highest BCUT2D eigenvalue weighted by Gasteiger charge is 2.45. The standard InChI is InChI=1S/C30H35F2N3O3/c1-36-26-11-9-24(10-12-26)22-38-29-21-25(34-15-17-37-18-16-34)20-28(33-29)35-14-6-5-13-30(31,32)27(35)19-23-7-3-2-4-8-23/h2-4,7-12,20-21,27H,5-6,13-19,22H2,1H3. The number of morpholine rings is 1. The Bertz CT molecular complexity index is 1170. The van der Waals surface area contributed by atoms with Gasteiger partial charge in [-0.2, -0.15) is 4.98 Å². The van der Waals surface area contributed by atoms with Gasteiger partial charge in [-0.15, -0.1) is 0 Å². The van der Waals surface area contributed by atoms with Gasteiger partial charge in [-0.25, -0.2) is 8.78 Å². The molecule has 202 valence electrons. The quantitative estimate of drug-likeness (QED) is 0.375. The number of pyridine rings is 1. The SMILES string of the molecule is COc1ccc(COc2cc(N3CCOCC3)cc(N3CCCCC(F)(F)C3Cc3ccccc3)n2)cc1. The lowest BCUT2D eigenvalue weighted by Gasteiger charge is -2.37. The second-order valence-corrected chi connectivity index (χ2v) is 9.88. The molecule has 0 amide bonds. The van der Waals surface area contributed by atoms with Crippen LogP contribution >= 0.6 is 0 Å². The topological polar surface area (TPSA) is 47.1 Å². The molecule has 1 aromatic heterocycles. The summed E-state index contributed by atoms with van der Waals surface area (Å²) in [5.74, 6) is -1.12. The number of aromatic nitrogens is 1. The highest BCUT2D eigenvalue weighted by Crippen LogP contribution is 2.38. The number of ether oxygens (including phenoxy) is 3. The number of hydrogen-bond acceptors (Lipinski definition) is 6. The summed E-state index contributed by atoms with van der Waals surface area (Å²) >= 11 is 0. The maximum absolute atomic E-state index is 15.6. The van der Waals surface area contributed by atoms with Crippen molar-refractivity contribution < 1.29 is 23.0 Å². The smallest absolute Gasteiger partial charge is 0.268 e. The summed E-state index contributed by atoms with van der Waals surface area (Å²) < 4.78 is 48.1. The third-order valence-electron chi connectivity index (χ3n) is 7.28. The minimum absolute atomic E-state index is 0.120. The molecule has 3 heterocycles. The molecule has 2 aliphatic heterocycles. The Kier molecular flexibility index (Phi) is 8.27. The summed E-state index contributed by atoms with van der Waals surface area (Å²) in [7, 11) is 1.63. The van der Waals surface area contributed by atoms with E-state index in [1.807, 2.05) is 71.6 Å². The highest BCUT2D eigenvalue weighted by atomic mass is 19.3. The number of anilines is 2. The molecule has 6 nitrogen and oxygen atoms in total. The van der Waals surface area contributed by atoms with Crippen molar-refractivity contribution in [2.45, 2.75) is 44.3 Å². The Morgan fingerprint density at radius 1 is 0.947 bits per heavy atom. The number of nitrogens with zero attached hydrogens (tertiary/aromatic N) is 3. The molecule has 3 aromatic rings. The van der Waals surface area contributed by atoms with Gasteiger partial charge in [0, 0.05) is 43.9 Å². The van der Waals surface area contributed by atoms with Gasteiger partial charge in [0.15, 0.2) is 0 Å². The molecule has 5 rings (SSSR count). The van der Waals surface area contributed by atoms with E-state index in [-0.39, 0.29) is 12.8 Å². The summed E-state index contributed by atoms with van der Waals surface area (Å²) in [5.41, 5.74) is 2.77. The molecule has 2 aromatic carbocycles. The predicted molar refractivity (Wildman–Crippen MR) is 145 cm³/mol. The molecule has 0 N–H and O–H groups in total. The van der Waals surface area contributed by atoms with Crippen LogP contribution in [0.25, 0.3) is 0 Å². The molecule has 0 saturated carbocycles. The molecule has 2 aliphatic rings. The van der Waals surface area contributed by atoms with E-state index in [0.29, 0.717) is 50.9 Å². The first-order valence-corrected chi connectivity index (χ1v) is 13.3. The molecule has 0 radical (unpaired) electrons. The molecule has 0 spiro atoms. The summed E-state index contributed by atoms with van der Waals surface area (Å²) in [6.07, 6.45) is 1.30. The lowest BCUT2D eigenvalue weighted by Crippen LogP contribution is -2.48. The molecule has 0 bridgehead atoms. The lowest BCUT2D eigenvalue weighted by atomic mass is 9.97. The largest absolute Gasteiger partial charge is 0.497 e. The van der Waals surface area contributed by atoms with E-state index in [0.717, 1.165) is 35.7 Å². The minimum atomic E-state index is -2.84. The van der Waals surface area contributed by atoms with E-state index in [4.69, 9.17) is 19.2 Å². The maximum Gasteiger partial charge on any atom is 0.268 e. The van der Waals surface area contributed by atoms with Crippen LogP contribution in [0.5, 0.6) is 11.6 Å². The van der Waals surface area contributed by atoms with Crippen LogP contribution < -0.4 is 19.3 Å². The Balaban J connectivity index is 1.47. The van der Waals surface area contributed by atoms with Crippen LogP contribution in [0.1, 0.15) is 30.4 Å². The third-order valence-corrected chi connectivity index (χ3v) is 7.28. The Morgan fingerprint density at radius 2 is 1.71 bits per heavy atom. The van der Waals surface area contributed by atoms with Gasteiger partial charge >= 0.3 is 0 Å². The monoisotopic (exact) mass is 523 g/mol. The minimum Gasteiger partial charge on any atom is -0.497 e. The van der Waals surface area contributed by atoms with Gasteiger partial charge in [-0.1, -0.05) is 42.5 Å². The van der Waals surface area contributed by atoms with E-state index in [9.17, 15) is 0 Å². The van der Waals surface area contributed by atoms with E-state index < -0.39 is 12.0 Å². The van der Waals surface area contributed by atoms with Crippen LogP contribution in [0, 0.1) is 0 Å². The van der Waals surface area contributed by atoms with Crippen molar-refractivity contribution in [3.8, 4) is 11.6 Å². The second-order valence-electron chi connectivity index (χ2n) is 9.88. The fraction of sp³-hybridized carbons (Fsp3) is 0.433. The number of benzene rings is 2. The number of hydrogen-bond donors (Lipinski definition) is 0. The Hall–Kier alpha value is -3.39. The second kappa shape index (κ2) is 12.0. The first kappa shape index (κ1) is 26.2. The zero-order valence-electron chi connectivity index (χ0n) is 21.8. The van der Waals surface area contributed by atoms with Gasteiger partial charge in [-0.3, -0.25) is 0 Å². The predicted octanol–water partition coefficient (Wildman–Crippen LogP) is 5.74. The zero-order chi connectivity index (χ0) is 26.4. The Morgan fingerprint density at radius 3 is 2.45 bits per heavy atom. The van der Waals surface area contributed by atoms with E-state index in [1.54, 1.807) is 7.11 Å². The van der Waals surface area contributed by atoms with Gasteiger partial charge in [0.2, 0.25) is 5.88 Å². The van der Waals surface area contributed by atoms with Crippen LogP contribution in [-0.2, 0) is 17.8 Å². The fourth-order valence-corrected chi connectivity index (χ4v) is 5.15. The highest BCUT2D eigenvalue weighted by molar-refractivity contribution is 5.59. The third kappa shape index (κ3) is 6.35. The van der Waals surface area contributed by atoms with Crippen LogP contribution in [0.15, 0.2) is 66.7 Å². The van der Waals surface area contributed by atoms with Crippen molar-refractivity contribution in [1.82, 2.24) is 4.98 Å². The molecule has 1 unspecified atom stereocenters. The lowest BCUT2D eigenvalue weighted by molar-refractivity contribution is -0.0315. The summed E-state index contributed by atoms with van der Waals surface area (Å²) in [6.45, 7) is 3.53. The molecule has 2 fully saturated rings. The first-order valence-electron chi connectivity index (χ1n) is 13.3. The van der Waals surface area contributed by atoms with Gasteiger partial charge in [-0.05, 0) is 42.5 Å². The van der Waals surface area contributed by atoms with E-state index in [1.165, 1.54) is 0 Å². The Labute approximate surface area is 223 Å². The van der Waals surface area contributed by atoms with Crippen molar-refractivity contribution in [1.29, 1.82) is 0 Å². The van der Waals surface area contributed by atoms with Crippen molar-refractivity contribution in [2.75, 3.05) is 49.8 Å². The summed E-state index contributed by atoms with van der Waals surface area (Å²) in [4.78, 5) is 8.80.